The molecule has 1 unspecified atom stereocenters. The quantitative estimate of drug-likeness (QED) is 0.155. The second-order valence-electron chi connectivity index (χ2n) is 16.5. The lowest BCUT2D eigenvalue weighted by atomic mass is 9.86. The summed E-state index contributed by atoms with van der Waals surface area (Å²) in [5.74, 6) is 0.935. The fraction of sp³-hybridized carbons (Fsp3) is 0.619. The van der Waals surface area contributed by atoms with E-state index in [1.54, 1.807) is 0 Å². The van der Waals surface area contributed by atoms with Crippen LogP contribution < -0.4 is 15.5 Å². The lowest BCUT2D eigenvalue weighted by Crippen LogP contribution is -2.44. The van der Waals surface area contributed by atoms with E-state index in [0.717, 1.165) is 88.9 Å². The van der Waals surface area contributed by atoms with Gasteiger partial charge in [0.2, 0.25) is 12.3 Å². The minimum Gasteiger partial charge on any atom is -0.444 e. The summed E-state index contributed by atoms with van der Waals surface area (Å²) < 4.78 is 7.84. The van der Waals surface area contributed by atoms with Crippen LogP contribution in [-0.2, 0) is 20.9 Å². The first-order chi connectivity index (χ1) is 25.9. The van der Waals surface area contributed by atoms with Gasteiger partial charge in [0.05, 0.1) is 0 Å². The Morgan fingerprint density at radius 3 is 2.35 bits per heavy atom. The number of rotatable bonds is 15. The number of hydrogen-bond acceptors (Lipinski definition) is 10. The van der Waals surface area contributed by atoms with Crippen molar-refractivity contribution in [2.45, 2.75) is 114 Å². The first kappa shape index (κ1) is 41.7. The van der Waals surface area contributed by atoms with E-state index in [-0.39, 0.29) is 30.5 Å². The predicted molar refractivity (Wildman–Crippen MR) is 216 cm³/mol. The van der Waals surface area contributed by atoms with Crippen LogP contribution in [0.5, 0.6) is 0 Å². The summed E-state index contributed by atoms with van der Waals surface area (Å²) in [7, 11) is 2.02. The number of nitrogens with zero attached hydrogens (tertiary/aromatic N) is 4. The third-order valence-corrected chi connectivity index (χ3v) is 12.3. The third-order valence-electron chi connectivity index (χ3n) is 11.3. The van der Waals surface area contributed by atoms with E-state index in [1.165, 1.54) is 29.0 Å². The van der Waals surface area contributed by atoms with Crippen LogP contribution in [0.15, 0.2) is 47.4 Å². The lowest BCUT2D eigenvalue weighted by molar-refractivity contribution is -0.125. The standard InChI is InChI=1S/C42H62N6O5S/c1-31(9-12-40(51)43-30-50)45(5)28-36-25-34(10-11-35(36)29-49)33-15-19-46(20-16-33)27-32-13-21-47(22-14-32)38-7-6-8-39(26-38)54-48-23-17-37(18-24-48)44-41(52)53-42(2,3)4/h6-8,10-11,25-26,29-33,37H,9,12-24,27-28H2,1-5H3,(H,44,52)(H,43,50,51). The Bertz CT molecular complexity index is 1540. The number of carbonyl (C=O) groups is 4. The van der Waals surface area contributed by atoms with E-state index >= 15 is 0 Å². The summed E-state index contributed by atoms with van der Waals surface area (Å²) in [6.45, 7) is 15.8. The van der Waals surface area contributed by atoms with Crippen LogP contribution in [0, 0.1) is 5.92 Å². The highest BCUT2D eigenvalue weighted by molar-refractivity contribution is 7.97. The normalized spacial score (nSPS) is 19.0. The number of aldehydes is 1. The fourth-order valence-corrected chi connectivity index (χ4v) is 8.90. The molecule has 3 heterocycles. The summed E-state index contributed by atoms with van der Waals surface area (Å²) in [6.07, 6.45) is 8.47. The van der Waals surface area contributed by atoms with Gasteiger partial charge < -0.3 is 19.9 Å². The molecule has 3 amide bonds. The molecule has 0 bridgehead atoms. The topological polar surface area (TPSA) is 115 Å². The van der Waals surface area contributed by atoms with Gasteiger partial charge >= 0.3 is 6.09 Å². The molecule has 0 spiro atoms. The van der Waals surface area contributed by atoms with Crippen LogP contribution in [0.3, 0.4) is 0 Å². The Labute approximate surface area is 327 Å². The first-order valence-corrected chi connectivity index (χ1v) is 20.7. The van der Waals surface area contributed by atoms with E-state index in [2.05, 4.69) is 73.0 Å². The van der Waals surface area contributed by atoms with Gasteiger partial charge in [0.25, 0.3) is 0 Å². The summed E-state index contributed by atoms with van der Waals surface area (Å²) in [5.41, 5.74) is 3.89. The smallest absolute Gasteiger partial charge is 0.407 e. The van der Waals surface area contributed by atoms with E-state index in [1.807, 2.05) is 45.8 Å². The van der Waals surface area contributed by atoms with Crippen LogP contribution in [-0.4, -0.2) is 109 Å². The summed E-state index contributed by atoms with van der Waals surface area (Å²) in [5, 5.41) is 5.24. The Kier molecular flexibility index (Phi) is 15.4. The number of imide groups is 1. The fourth-order valence-electron chi connectivity index (χ4n) is 7.89. The molecule has 5 rings (SSSR count). The molecule has 12 heteroatoms. The largest absolute Gasteiger partial charge is 0.444 e. The molecule has 54 heavy (non-hydrogen) atoms. The van der Waals surface area contributed by atoms with Crippen LogP contribution in [0.2, 0.25) is 0 Å². The Hall–Kier alpha value is -3.45. The first-order valence-electron chi connectivity index (χ1n) is 19.9. The van der Waals surface area contributed by atoms with Gasteiger partial charge in [0.15, 0.2) is 0 Å². The summed E-state index contributed by atoms with van der Waals surface area (Å²) in [4.78, 5) is 55.0. The van der Waals surface area contributed by atoms with Gasteiger partial charge in [0, 0.05) is 73.9 Å². The van der Waals surface area contributed by atoms with Crippen LogP contribution in [0.4, 0.5) is 10.5 Å². The lowest BCUT2D eigenvalue weighted by Gasteiger charge is -2.38. The number of benzene rings is 2. The van der Waals surface area contributed by atoms with Gasteiger partial charge in [0.1, 0.15) is 11.9 Å². The monoisotopic (exact) mass is 762 g/mol. The average Bonchev–Trinajstić information content (AvgIpc) is 3.14. The van der Waals surface area contributed by atoms with Crippen molar-refractivity contribution < 1.29 is 23.9 Å². The molecular formula is C42H62N6O5S. The number of amides is 3. The Morgan fingerprint density at radius 2 is 1.69 bits per heavy atom. The number of nitrogens with one attached hydrogen (secondary N) is 2. The maximum absolute atomic E-state index is 12.2. The second-order valence-corrected chi connectivity index (χ2v) is 17.7. The molecule has 3 saturated heterocycles. The van der Waals surface area contributed by atoms with Crippen LogP contribution in [0.1, 0.15) is 106 Å². The van der Waals surface area contributed by atoms with Gasteiger partial charge in [-0.3, -0.25) is 24.6 Å². The molecule has 0 aliphatic carbocycles. The zero-order valence-electron chi connectivity index (χ0n) is 33.1. The van der Waals surface area contributed by atoms with Crippen LogP contribution in [0.25, 0.3) is 0 Å². The molecule has 11 nitrogen and oxygen atoms in total. The zero-order valence-corrected chi connectivity index (χ0v) is 33.9. The molecule has 3 aliphatic rings. The number of anilines is 1. The number of ether oxygens (including phenoxy) is 1. The summed E-state index contributed by atoms with van der Waals surface area (Å²) >= 11 is 1.82. The van der Waals surface area contributed by atoms with Crippen LogP contribution >= 0.6 is 11.9 Å². The maximum Gasteiger partial charge on any atom is 0.407 e. The SMILES string of the molecule is CC(CCC(=O)NC=O)N(C)Cc1cc(C2CCN(CC3CCN(c4cccc(SN5CCC(NC(=O)OC(C)(C)C)CC5)c4)CC3)CC2)ccc1C=O. The van der Waals surface area contributed by atoms with E-state index < -0.39 is 5.60 Å². The van der Waals surface area contributed by atoms with E-state index in [0.29, 0.717) is 31.2 Å². The second kappa shape index (κ2) is 19.9. The molecule has 3 aliphatic heterocycles. The number of alkyl carbamates (subject to hydrolysis) is 1. The molecule has 0 aromatic heterocycles. The minimum absolute atomic E-state index is 0.127. The highest BCUT2D eigenvalue weighted by Gasteiger charge is 2.27. The molecule has 3 fully saturated rings. The highest BCUT2D eigenvalue weighted by Crippen LogP contribution is 2.33. The van der Waals surface area contributed by atoms with E-state index in [4.69, 9.17) is 4.74 Å². The van der Waals surface area contributed by atoms with Crippen molar-refractivity contribution in [3.05, 3.63) is 59.2 Å². The molecule has 0 saturated carbocycles. The predicted octanol–water partition coefficient (Wildman–Crippen LogP) is 6.46. The van der Waals surface area contributed by atoms with Crippen molar-refractivity contribution in [3.63, 3.8) is 0 Å². The molecular weight excluding hydrogens is 701 g/mol. The van der Waals surface area contributed by atoms with Crippen molar-refractivity contribution >= 4 is 42.3 Å². The molecule has 2 aromatic carbocycles. The van der Waals surface area contributed by atoms with Crippen molar-refractivity contribution in [2.24, 2.45) is 5.92 Å². The van der Waals surface area contributed by atoms with Gasteiger partial charge in [-0.2, -0.15) is 0 Å². The summed E-state index contributed by atoms with van der Waals surface area (Å²) in [6, 6.07) is 15.6. The van der Waals surface area contributed by atoms with Crippen molar-refractivity contribution in [2.75, 3.05) is 57.8 Å². The van der Waals surface area contributed by atoms with E-state index in [9.17, 15) is 19.2 Å². The highest BCUT2D eigenvalue weighted by atomic mass is 32.2. The van der Waals surface area contributed by atoms with Crippen molar-refractivity contribution in [3.8, 4) is 0 Å². The molecule has 296 valence electrons. The molecule has 0 radical (unpaired) electrons. The van der Waals surface area contributed by atoms with Crippen molar-refractivity contribution in [1.82, 2.24) is 24.7 Å². The van der Waals surface area contributed by atoms with Gasteiger partial charge in [-0.05, 0) is 146 Å². The maximum atomic E-state index is 12.2. The number of piperidine rings is 3. The number of likely N-dealkylation sites (tertiary alicyclic amines) is 1. The third kappa shape index (κ3) is 12.8. The minimum atomic E-state index is -0.483. The van der Waals surface area contributed by atoms with Gasteiger partial charge in [-0.15, -0.1) is 0 Å². The molecule has 2 aromatic rings. The molecule has 1 atom stereocenters. The number of carbonyl (C=O) groups excluding carboxylic acids is 4. The zero-order chi connectivity index (χ0) is 38.7. The number of hydrogen-bond donors (Lipinski definition) is 2. The van der Waals surface area contributed by atoms with Crippen molar-refractivity contribution in [1.29, 1.82) is 0 Å². The average molecular weight is 763 g/mol. The van der Waals surface area contributed by atoms with Gasteiger partial charge in [-0.1, -0.05) is 24.3 Å². The Morgan fingerprint density at radius 1 is 0.963 bits per heavy atom. The van der Waals surface area contributed by atoms with Gasteiger partial charge in [-0.25, -0.2) is 9.10 Å². The molecule has 2 N–H and O–H groups in total. The Balaban J connectivity index is 1.03.